The summed E-state index contributed by atoms with van der Waals surface area (Å²) >= 11 is 7.90. The molecule has 0 saturated carbocycles. The largest absolute Gasteiger partial charge is 0.314 e. The van der Waals surface area contributed by atoms with Crippen molar-refractivity contribution in [3.63, 3.8) is 0 Å². The number of benzene rings is 2. The summed E-state index contributed by atoms with van der Waals surface area (Å²) in [5.41, 5.74) is 1.48. The molecule has 1 saturated heterocycles. The summed E-state index contributed by atoms with van der Waals surface area (Å²) in [5.74, 6) is 0. The van der Waals surface area contributed by atoms with Crippen LogP contribution in [0.25, 0.3) is 0 Å². The van der Waals surface area contributed by atoms with Gasteiger partial charge in [0.15, 0.2) is 0 Å². The smallest absolute Gasteiger partial charge is 0.0406 e. The van der Waals surface area contributed by atoms with Crippen molar-refractivity contribution in [1.82, 2.24) is 10.2 Å². The molecule has 2 aromatic rings. The molecular formula is C22H29ClN2S. The van der Waals surface area contributed by atoms with Crippen molar-refractivity contribution >= 4 is 23.4 Å². The zero-order valence-electron chi connectivity index (χ0n) is 15.6. The van der Waals surface area contributed by atoms with Gasteiger partial charge < -0.3 is 5.32 Å². The van der Waals surface area contributed by atoms with Crippen LogP contribution in [0.2, 0.25) is 5.02 Å². The van der Waals surface area contributed by atoms with Crippen LogP contribution in [0.15, 0.2) is 58.3 Å². The van der Waals surface area contributed by atoms with Crippen molar-refractivity contribution in [3.05, 3.63) is 59.1 Å². The van der Waals surface area contributed by atoms with Crippen molar-refractivity contribution in [3.8, 4) is 0 Å². The quantitative estimate of drug-likeness (QED) is 0.557. The number of rotatable bonds is 8. The number of nitrogens with one attached hydrogen (secondary N) is 1. The number of piperazine rings is 1. The van der Waals surface area contributed by atoms with E-state index >= 15 is 0 Å². The SMILES string of the molecule is CCCCC[C@@H](c1ccccc1Sc1ccc(Cl)cc1)N1CCNCC1. The van der Waals surface area contributed by atoms with E-state index in [9.17, 15) is 0 Å². The minimum atomic E-state index is 0.514. The molecular weight excluding hydrogens is 360 g/mol. The van der Waals surface area contributed by atoms with Crippen LogP contribution >= 0.6 is 23.4 Å². The summed E-state index contributed by atoms with van der Waals surface area (Å²) in [6, 6.07) is 17.6. The Kier molecular flexibility index (Phi) is 7.87. The van der Waals surface area contributed by atoms with E-state index in [0.29, 0.717) is 6.04 Å². The van der Waals surface area contributed by atoms with Gasteiger partial charge in [-0.05, 0) is 42.3 Å². The van der Waals surface area contributed by atoms with E-state index in [1.165, 1.54) is 41.0 Å². The first kappa shape index (κ1) is 19.8. The third-order valence-electron chi connectivity index (χ3n) is 4.99. The number of nitrogens with zero attached hydrogens (tertiary/aromatic N) is 1. The van der Waals surface area contributed by atoms with Gasteiger partial charge in [-0.3, -0.25) is 4.90 Å². The molecule has 2 aromatic carbocycles. The lowest BCUT2D eigenvalue weighted by Crippen LogP contribution is -2.45. The molecule has 0 aromatic heterocycles. The number of hydrogen-bond donors (Lipinski definition) is 1. The summed E-state index contributed by atoms with van der Waals surface area (Å²) in [5, 5.41) is 4.28. The third kappa shape index (κ3) is 5.50. The van der Waals surface area contributed by atoms with E-state index in [1.807, 2.05) is 23.9 Å². The van der Waals surface area contributed by atoms with Gasteiger partial charge in [0.05, 0.1) is 0 Å². The molecule has 0 spiro atoms. The molecule has 0 unspecified atom stereocenters. The minimum absolute atomic E-state index is 0.514. The first-order valence-corrected chi connectivity index (χ1v) is 10.9. The van der Waals surface area contributed by atoms with E-state index < -0.39 is 0 Å². The van der Waals surface area contributed by atoms with Crippen LogP contribution in [0.1, 0.15) is 44.2 Å². The standard InChI is InChI=1S/C22H29ClN2S/c1-2-3-4-8-21(25-16-14-24-15-17-25)20-7-5-6-9-22(20)26-19-12-10-18(23)11-13-19/h5-7,9-13,21,24H,2-4,8,14-17H2,1H3/t21-/m0/s1. The topological polar surface area (TPSA) is 15.3 Å². The molecule has 0 radical (unpaired) electrons. The molecule has 1 aliphatic heterocycles. The normalized spacial score (nSPS) is 16.5. The van der Waals surface area contributed by atoms with Gasteiger partial charge in [-0.15, -0.1) is 0 Å². The zero-order valence-corrected chi connectivity index (χ0v) is 17.2. The lowest BCUT2D eigenvalue weighted by molar-refractivity contribution is 0.161. The predicted octanol–water partition coefficient (Wildman–Crippen LogP) is 6.02. The first-order chi connectivity index (χ1) is 12.8. The van der Waals surface area contributed by atoms with Crippen LogP contribution < -0.4 is 5.32 Å². The lowest BCUT2D eigenvalue weighted by Gasteiger charge is -2.36. The Morgan fingerprint density at radius 2 is 1.77 bits per heavy atom. The van der Waals surface area contributed by atoms with Gasteiger partial charge in [-0.2, -0.15) is 0 Å². The second-order valence-electron chi connectivity index (χ2n) is 6.89. The van der Waals surface area contributed by atoms with Crippen LogP contribution in [-0.2, 0) is 0 Å². The second kappa shape index (κ2) is 10.4. The molecule has 0 bridgehead atoms. The van der Waals surface area contributed by atoms with Crippen molar-refractivity contribution < 1.29 is 0 Å². The van der Waals surface area contributed by atoms with Crippen molar-refractivity contribution in [2.45, 2.75) is 48.4 Å². The van der Waals surface area contributed by atoms with Crippen LogP contribution in [0.5, 0.6) is 0 Å². The van der Waals surface area contributed by atoms with E-state index in [2.05, 4.69) is 53.5 Å². The maximum atomic E-state index is 6.05. The predicted molar refractivity (Wildman–Crippen MR) is 113 cm³/mol. The van der Waals surface area contributed by atoms with Crippen molar-refractivity contribution in [2.75, 3.05) is 26.2 Å². The molecule has 1 aliphatic rings. The summed E-state index contributed by atoms with van der Waals surface area (Å²) in [4.78, 5) is 5.29. The van der Waals surface area contributed by atoms with E-state index in [1.54, 1.807) is 0 Å². The summed E-state index contributed by atoms with van der Waals surface area (Å²) in [6.07, 6.45) is 5.13. The molecule has 140 valence electrons. The Bertz CT molecular complexity index is 668. The first-order valence-electron chi connectivity index (χ1n) is 9.75. The number of halogens is 1. The molecule has 1 fully saturated rings. The highest BCUT2D eigenvalue weighted by Gasteiger charge is 2.24. The summed E-state index contributed by atoms with van der Waals surface area (Å²) in [6.45, 7) is 6.74. The maximum Gasteiger partial charge on any atom is 0.0406 e. The van der Waals surface area contributed by atoms with Crippen LogP contribution in [0, 0.1) is 0 Å². The van der Waals surface area contributed by atoms with Crippen molar-refractivity contribution in [2.24, 2.45) is 0 Å². The fraction of sp³-hybridized carbons (Fsp3) is 0.455. The maximum absolute atomic E-state index is 6.05. The molecule has 0 amide bonds. The summed E-state index contributed by atoms with van der Waals surface area (Å²) < 4.78 is 0. The van der Waals surface area contributed by atoms with Crippen LogP contribution in [-0.4, -0.2) is 31.1 Å². The molecule has 1 atom stereocenters. The lowest BCUT2D eigenvalue weighted by atomic mass is 9.98. The summed E-state index contributed by atoms with van der Waals surface area (Å²) in [7, 11) is 0. The highest BCUT2D eigenvalue weighted by molar-refractivity contribution is 7.99. The Balaban J connectivity index is 1.83. The fourth-order valence-electron chi connectivity index (χ4n) is 3.59. The number of hydrogen-bond acceptors (Lipinski definition) is 3. The average molecular weight is 389 g/mol. The van der Waals surface area contributed by atoms with Gasteiger partial charge in [0.1, 0.15) is 0 Å². The van der Waals surface area contributed by atoms with Gasteiger partial charge in [0, 0.05) is 47.0 Å². The molecule has 0 aliphatic carbocycles. The van der Waals surface area contributed by atoms with Gasteiger partial charge >= 0.3 is 0 Å². The fourth-order valence-corrected chi connectivity index (χ4v) is 4.72. The monoisotopic (exact) mass is 388 g/mol. The van der Waals surface area contributed by atoms with Gasteiger partial charge in [-0.25, -0.2) is 0 Å². The molecule has 4 heteroatoms. The van der Waals surface area contributed by atoms with Crippen LogP contribution in [0.3, 0.4) is 0 Å². The molecule has 1 N–H and O–H groups in total. The zero-order chi connectivity index (χ0) is 18.2. The Morgan fingerprint density at radius 3 is 2.50 bits per heavy atom. The Hall–Kier alpha value is -1.00. The molecule has 3 rings (SSSR count). The third-order valence-corrected chi connectivity index (χ3v) is 6.34. The van der Waals surface area contributed by atoms with Crippen LogP contribution in [0.4, 0.5) is 0 Å². The Labute approximate surface area is 167 Å². The van der Waals surface area contributed by atoms with Gasteiger partial charge in [0.2, 0.25) is 0 Å². The van der Waals surface area contributed by atoms with Gasteiger partial charge in [0.25, 0.3) is 0 Å². The molecule has 26 heavy (non-hydrogen) atoms. The molecule has 2 nitrogen and oxygen atoms in total. The second-order valence-corrected chi connectivity index (χ2v) is 8.44. The molecule has 1 heterocycles. The van der Waals surface area contributed by atoms with E-state index in [4.69, 9.17) is 11.6 Å². The van der Waals surface area contributed by atoms with Crippen molar-refractivity contribution in [1.29, 1.82) is 0 Å². The minimum Gasteiger partial charge on any atom is -0.314 e. The Morgan fingerprint density at radius 1 is 1.04 bits per heavy atom. The highest BCUT2D eigenvalue weighted by atomic mass is 35.5. The van der Waals surface area contributed by atoms with E-state index in [0.717, 1.165) is 31.2 Å². The average Bonchev–Trinajstić information content (AvgIpc) is 2.69. The highest BCUT2D eigenvalue weighted by Crippen LogP contribution is 2.37. The number of unbranched alkanes of at least 4 members (excludes halogenated alkanes) is 2. The van der Waals surface area contributed by atoms with E-state index in [-0.39, 0.29) is 0 Å². The van der Waals surface area contributed by atoms with Gasteiger partial charge in [-0.1, -0.05) is 67.7 Å².